The van der Waals surface area contributed by atoms with Gasteiger partial charge in [0, 0.05) is 0 Å². The van der Waals surface area contributed by atoms with E-state index in [0.717, 1.165) is 0 Å². The summed E-state index contributed by atoms with van der Waals surface area (Å²) < 4.78 is 34.8. The van der Waals surface area contributed by atoms with Crippen LogP contribution in [0.4, 0.5) is 0 Å². The summed E-state index contributed by atoms with van der Waals surface area (Å²) in [6, 6.07) is 0. The number of halogens is 1. The van der Waals surface area contributed by atoms with E-state index in [1.807, 2.05) is 0 Å². The monoisotopic (exact) mass is 270 g/mol. The van der Waals surface area contributed by atoms with Crippen molar-refractivity contribution in [1.29, 1.82) is 0 Å². The summed E-state index contributed by atoms with van der Waals surface area (Å²) in [5.74, 6) is 0. The Kier molecular flexibility index (Phi) is 12.5. The molecule has 0 bridgehead atoms. The molecule has 12 heavy (non-hydrogen) atoms. The molecule has 12 heteroatoms. The normalized spacial score (nSPS) is 10.8. The Hall–Kier alpha value is 1.48. The first kappa shape index (κ1) is 19.1. The first-order valence-electron chi connectivity index (χ1n) is 1.73. The van der Waals surface area contributed by atoms with Gasteiger partial charge in [0.15, 0.2) is 0 Å². The van der Waals surface area contributed by atoms with E-state index in [0.29, 0.717) is 0 Å². The molecular weight excluding hydrogens is 264 g/mol. The van der Waals surface area contributed by atoms with E-state index in [9.17, 15) is 0 Å². The maximum absolute atomic E-state index is 8.74. The Balaban J connectivity index is -0.0000000321. The minimum Gasteiger partial charge on any atom is -1.00 e. The largest absolute Gasteiger partial charge is 2.00 e. The molecule has 0 radical (unpaired) electrons. The molecule has 0 aliphatic rings. The zero-order valence-corrected chi connectivity index (χ0v) is 10.2. The van der Waals surface area contributed by atoms with Crippen LogP contribution in [0, 0.1) is 0 Å². The topological polar surface area (TPSA) is 145 Å². The molecule has 0 aromatic carbocycles. The van der Waals surface area contributed by atoms with Gasteiger partial charge in [0.25, 0.3) is 0 Å². The number of rotatable bonds is 1. The molecule has 0 aliphatic carbocycles. The van der Waals surface area contributed by atoms with E-state index in [2.05, 4.69) is 15.8 Å². The van der Waals surface area contributed by atoms with Crippen molar-refractivity contribution in [2.75, 3.05) is 0 Å². The van der Waals surface area contributed by atoms with Crippen molar-refractivity contribution < 1.29 is 38.7 Å². The Bertz CT molecular complexity index is 180. The first-order valence-corrected chi connectivity index (χ1v) is 5.18. The van der Waals surface area contributed by atoms with Crippen LogP contribution < -0.4 is 0 Å². The van der Waals surface area contributed by atoms with Crippen LogP contribution >= 0.6 is 11.9 Å². The average molecular weight is 271 g/mol. The molecule has 5 N–H and O–H groups in total. The van der Waals surface area contributed by atoms with Gasteiger partial charge in [-0.1, -0.05) is 0 Å². The molecule has 0 aromatic heterocycles. The first-order chi connectivity index (χ1) is 4.56. The predicted molar refractivity (Wildman–Crippen MR) is 41.5 cm³/mol. The maximum atomic E-state index is 8.74. The van der Waals surface area contributed by atoms with Gasteiger partial charge in [-0.15, -0.1) is 0 Å². The van der Waals surface area contributed by atoms with Crippen LogP contribution in [-0.2, 0) is 14.4 Å². The van der Waals surface area contributed by atoms with Gasteiger partial charge >= 0.3 is 57.2 Å². The SMILES string of the molecule is O=S(=O)(O)O.O[Si](O)(O)OCl.[Ca+2].[H-].[H-]. The van der Waals surface area contributed by atoms with Crippen molar-refractivity contribution in [2.24, 2.45) is 0 Å². The van der Waals surface area contributed by atoms with Crippen molar-refractivity contribution in [1.82, 2.24) is 0 Å². The van der Waals surface area contributed by atoms with E-state index in [-0.39, 0.29) is 40.6 Å². The van der Waals surface area contributed by atoms with E-state index in [1.165, 1.54) is 0 Å². The number of hydrogen-bond donors (Lipinski definition) is 5. The van der Waals surface area contributed by atoms with E-state index < -0.39 is 19.4 Å². The fourth-order valence-corrected chi connectivity index (χ4v) is 0. The smallest absolute Gasteiger partial charge is 1.00 e. The average Bonchev–Trinajstić information content (AvgIpc) is 1.59. The quantitative estimate of drug-likeness (QED) is 0.266. The Morgan fingerprint density at radius 1 is 1.25 bits per heavy atom. The third kappa shape index (κ3) is 62.9. The second kappa shape index (κ2) is 7.84. The molecule has 0 aliphatic heterocycles. The van der Waals surface area contributed by atoms with Crippen LogP contribution in [0.1, 0.15) is 2.85 Å². The standard InChI is InChI=1S/Ca.ClH3O4Si.H2O4S.2H/c;1-5-6(2,3)4;1-5(2,3)4;;/h;2-4H;(H2,1,2,3,4);;/q+2;;;2*-1. The van der Waals surface area contributed by atoms with E-state index >= 15 is 0 Å². The maximum Gasteiger partial charge on any atom is 2.00 e. The summed E-state index contributed by atoms with van der Waals surface area (Å²) in [4.78, 5) is 23.2. The van der Waals surface area contributed by atoms with Crippen molar-refractivity contribution in [3.63, 3.8) is 0 Å². The molecular formula is H7CaClO8SSi. The zero-order valence-electron chi connectivity index (χ0n) is 7.45. The van der Waals surface area contributed by atoms with Gasteiger partial charge in [-0.2, -0.15) is 8.42 Å². The molecule has 0 saturated heterocycles. The van der Waals surface area contributed by atoms with Gasteiger partial charge in [-0.3, -0.25) is 9.11 Å². The second-order valence-electron chi connectivity index (χ2n) is 1.10. The van der Waals surface area contributed by atoms with Gasteiger partial charge in [0.05, 0.1) is 11.9 Å². The van der Waals surface area contributed by atoms with Gasteiger partial charge < -0.3 is 17.2 Å². The van der Waals surface area contributed by atoms with E-state index in [1.54, 1.807) is 0 Å². The van der Waals surface area contributed by atoms with Crippen LogP contribution in [0.3, 0.4) is 0 Å². The summed E-state index contributed by atoms with van der Waals surface area (Å²) in [5, 5.41) is 0. The summed E-state index contributed by atoms with van der Waals surface area (Å²) in [5.41, 5.74) is 0. The fraction of sp³-hybridized carbons (Fsp3) is 0. The van der Waals surface area contributed by atoms with Crippen LogP contribution in [0.15, 0.2) is 0 Å². The van der Waals surface area contributed by atoms with E-state index in [4.69, 9.17) is 31.9 Å². The summed E-state index contributed by atoms with van der Waals surface area (Å²) in [6.45, 7) is 0. The molecule has 0 saturated carbocycles. The molecule has 0 unspecified atom stereocenters. The molecule has 0 spiro atoms. The van der Waals surface area contributed by atoms with Crippen molar-refractivity contribution >= 4 is 69.1 Å². The molecule has 0 rings (SSSR count). The zero-order chi connectivity index (χ0) is 9.71. The molecule has 0 heterocycles. The fourth-order valence-electron chi connectivity index (χ4n) is 0. The third-order valence-corrected chi connectivity index (χ3v) is 0.932. The molecule has 0 atom stereocenters. The Morgan fingerprint density at radius 3 is 1.33 bits per heavy atom. The molecule has 0 aromatic rings. The third-order valence-electron chi connectivity index (χ3n) is 0.104. The summed E-state index contributed by atoms with van der Waals surface area (Å²) >= 11 is 4.29. The van der Waals surface area contributed by atoms with Crippen molar-refractivity contribution in [3.05, 3.63) is 0 Å². The van der Waals surface area contributed by atoms with Gasteiger partial charge in [-0.25, -0.2) is 3.98 Å². The second-order valence-corrected chi connectivity index (χ2v) is 3.76. The summed E-state index contributed by atoms with van der Waals surface area (Å²) in [6.07, 6.45) is 0. The van der Waals surface area contributed by atoms with Crippen LogP contribution in [-0.4, -0.2) is 78.7 Å². The van der Waals surface area contributed by atoms with Gasteiger partial charge in [0.1, 0.15) is 0 Å². The Labute approximate surface area is 107 Å². The van der Waals surface area contributed by atoms with Crippen LogP contribution in [0.5, 0.6) is 0 Å². The Morgan fingerprint density at radius 2 is 1.33 bits per heavy atom. The van der Waals surface area contributed by atoms with Crippen molar-refractivity contribution in [2.45, 2.75) is 0 Å². The molecule has 0 fully saturated rings. The van der Waals surface area contributed by atoms with Gasteiger partial charge in [0.2, 0.25) is 0 Å². The van der Waals surface area contributed by atoms with Crippen LogP contribution in [0.2, 0.25) is 0 Å². The molecule has 8 nitrogen and oxygen atoms in total. The minimum absolute atomic E-state index is 0. The minimum atomic E-state index is -4.67. The summed E-state index contributed by atoms with van der Waals surface area (Å²) in [7, 11) is -9.03. The predicted octanol–water partition coefficient (Wildman–Crippen LogP) is -2.24. The van der Waals surface area contributed by atoms with Gasteiger partial charge in [-0.05, 0) is 0 Å². The molecule has 74 valence electrons. The van der Waals surface area contributed by atoms with Crippen molar-refractivity contribution in [3.8, 4) is 0 Å². The molecule has 0 amide bonds. The number of hydrogen-bond acceptors (Lipinski definition) is 6. The van der Waals surface area contributed by atoms with Crippen LogP contribution in [0.25, 0.3) is 0 Å².